The number of hydrogen-bond donors (Lipinski definition) is 1. The summed E-state index contributed by atoms with van der Waals surface area (Å²) in [6, 6.07) is 5.50. The van der Waals surface area contributed by atoms with Crippen LogP contribution in [0.5, 0.6) is 11.5 Å². The van der Waals surface area contributed by atoms with E-state index < -0.39 is 0 Å². The van der Waals surface area contributed by atoms with Crippen molar-refractivity contribution in [2.75, 3.05) is 19.9 Å². The number of thiocarbonyl (C=S) groups is 1. The Labute approximate surface area is 188 Å². The maximum atomic E-state index is 12.7. The lowest BCUT2D eigenvalue weighted by Gasteiger charge is -2.14. The van der Waals surface area contributed by atoms with Gasteiger partial charge in [0.1, 0.15) is 10.1 Å². The molecule has 1 fully saturated rings. The monoisotopic (exact) mass is 459 g/mol. The van der Waals surface area contributed by atoms with Gasteiger partial charge in [-0.3, -0.25) is 14.5 Å². The first-order valence-electron chi connectivity index (χ1n) is 9.76. The average molecular weight is 460 g/mol. The Kier molecular flexibility index (Phi) is 6.28. The van der Waals surface area contributed by atoms with Crippen molar-refractivity contribution >= 4 is 46.2 Å². The number of ether oxygens (including phenoxy) is 2. The summed E-state index contributed by atoms with van der Waals surface area (Å²) in [5, 5.41) is 6.74. The molecule has 162 valence electrons. The van der Waals surface area contributed by atoms with E-state index in [2.05, 4.69) is 10.5 Å². The SMILES string of the molecule is Cc1noc(C)c1CCC(=O)NCCN1C(=O)/C(=C\c2ccc3c(c2)OCO3)SC1=S. The number of carbonyl (C=O) groups excluding carboxylic acids is 2. The summed E-state index contributed by atoms with van der Waals surface area (Å²) >= 11 is 6.60. The van der Waals surface area contributed by atoms with E-state index in [1.165, 1.54) is 16.7 Å². The number of fused-ring (bicyclic) bond motifs is 1. The zero-order valence-electron chi connectivity index (χ0n) is 17.1. The van der Waals surface area contributed by atoms with Crippen LogP contribution in [0.2, 0.25) is 0 Å². The van der Waals surface area contributed by atoms with Crippen LogP contribution < -0.4 is 14.8 Å². The van der Waals surface area contributed by atoms with Crippen LogP contribution in [0.25, 0.3) is 6.08 Å². The van der Waals surface area contributed by atoms with Gasteiger partial charge in [0.25, 0.3) is 5.91 Å². The summed E-state index contributed by atoms with van der Waals surface area (Å²) in [6.45, 7) is 4.53. The van der Waals surface area contributed by atoms with Gasteiger partial charge >= 0.3 is 0 Å². The first-order chi connectivity index (χ1) is 14.9. The zero-order chi connectivity index (χ0) is 22.0. The molecule has 0 saturated carbocycles. The van der Waals surface area contributed by atoms with E-state index in [0.29, 0.717) is 46.7 Å². The van der Waals surface area contributed by atoms with Crippen molar-refractivity contribution in [1.29, 1.82) is 0 Å². The minimum atomic E-state index is -0.169. The molecular weight excluding hydrogens is 438 g/mol. The lowest BCUT2D eigenvalue weighted by atomic mass is 10.1. The molecule has 0 spiro atoms. The van der Waals surface area contributed by atoms with Gasteiger partial charge in [0.15, 0.2) is 11.5 Å². The van der Waals surface area contributed by atoms with Crippen LogP contribution in [-0.2, 0) is 16.0 Å². The number of thioether (sulfide) groups is 1. The quantitative estimate of drug-likeness (QED) is 0.499. The van der Waals surface area contributed by atoms with Gasteiger partial charge in [0, 0.05) is 25.1 Å². The third kappa shape index (κ3) is 4.75. The fraction of sp³-hybridized carbons (Fsp3) is 0.333. The molecule has 1 aromatic carbocycles. The number of nitrogens with zero attached hydrogens (tertiary/aromatic N) is 2. The third-order valence-electron chi connectivity index (χ3n) is 5.01. The molecule has 31 heavy (non-hydrogen) atoms. The van der Waals surface area contributed by atoms with E-state index in [1.54, 1.807) is 6.08 Å². The second kappa shape index (κ2) is 9.11. The highest BCUT2D eigenvalue weighted by atomic mass is 32.2. The summed E-state index contributed by atoms with van der Waals surface area (Å²) in [5.74, 6) is 1.81. The third-order valence-corrected chi connectivity index (χ3v) is 6.39. The Morgan fingerprint density at radius 2 is 2.13 bits per heavy atom. The highest BCUT2D eigenvalue weighted by Gasteiger charge is 2.31. The molecule has 8 nitrogen and oxygen atoms in total. The molecule has 1 N–H and O–H groups in total. The number of hydrogen-bond acceptors (Lipinski definition) is 8. The molecule has 3 heterocycles. The van der Waals surface area contributed by atoms with Crippen LogP contribution in [0.4, 0.5) is 0 Å². The van der Waals surface area contributed by atoms with E-state index in [4.69, 9.17) is 26.2 Å². The molecule has 0 aliphatic carbocycles. The molecule has 10 heteroatoms. The largest absolute Gasteiger partial charge is 0.454 e. The minimum absolute atomic E-state index is 0.0960. The molecule has 4 rings (SSSR count). The standard InChI is InChI=1S/C21H21N3O5S2/c1-12-15(13(2)29-23-12)4-6-19(25)22-7-8-24-20(26)18(31-21(24)30)10-14-3-5-16-17(9-14)28-11-27-16/h3,5,9-10H,4,6-8,11H2,1-2H3,(H,22,25)/b18-10+. The summed E-state index contributed by atoms with van der Waals surface area (Å²) in [5.41, 5.74) is 2.59. The van der Waals surface area contributed by atoms with Crippen LogP contribution in [0.3, 0.4) is 0 Å². The summed E-state index contributed by atoms with van der Waals surface area (Å²) in [4.78, 5) is 27.0. The molecule has 0 atom stereocenters. The van der Waals surface area contributed by atoms with Crippen molar-refractivity contribution in [3.8, 4) is 11.5 Å². The number of nitrogens with one attached hydrogen (secondary N) is 1. The van der Waals surface area contributed by atoms with E-state index in [9.17, 15) is 9.59 Å². The maximum absolute atomic E-state index is 12.7. The second-order valence-corrected chi connectivity index (χ2v) is 8.77. The number of aryl methyl sites for hydroxylation is 2. The maximum Gasteiger partial charge on any atom is 0.266 e. The van der Waals surface area contributed by atoms with Gasteiger partial charge in [-0.1, -0.05) is 35.2 Å². The summed E-state index contributed by atoms with van der Waals surface area (Å²) < 4.78 is 16.3. The van der Waals surface area contributed by atoms with E-state index in [0.717, 1.165) is 22.6 Å². The van der Waals surface area contributed by atoms with Crippen molar-refractivity contribution in [3.63, 3.8) is 0 Å². The van der Waals surface area contributed by atoms with Crippen molar-refractivity contribution in [3.05, 3.63) is 45.7 Å². The molecule has 2 aromatic rings. The lowest BCUT2D eigenvalue weighted by Crippen LogP contribution is -2.37. The number of amides is 2. The number of carbonyl (C=O) groups is 2. The number of benzene rings is 1. The fourth-order valence-electron chi connectivity index (χ4n) is 3.34. The Hall–Kier alpha value is -2.85. The molecule has 0 unspecified atom stereocenters. The van der Waals surface area contributed by atoms with Crippen LogP contribution in [0.1, 0.15) is 29.0 Å². The molecule has 0 radical (unpaired) electrons. The fourth-order valence-corrected chi connectivity index (χ4v) is 4.65. The van der Waals surface area contributed by atoms with Gasteiger partial charge in [-0.25, -0.2) is 0 Å². The first-order valence-corrected chi connectivity index (χ1v) is 11.0. The van der Waals surface area contributed by atoms with E-state index >= 15 is 0 Å². The summed E-state index contributed by atoms with van der Waals surface area (Å²) in [7, 11) is 0. The van der Waals surface area contributed by atoms with Crippen molar-refractivity contribution in [2.45, 2.75) is 26.7 Å². The van der Waals surface area contributed by atoms with Gasteiger partial charge in [0.2, 0.25) is 12.7 Å². The topological polar surface area (TPSA) is 93.9 Å². The molecule has 2 amide bonds. The molecule has 0 bridgehead atoms. The summed E-state index contributed by atoms with van der Waals surface area (Å²) in [6.07, 6.45) is 2.67. The number of aromatic nitrogens is 1. The second-order valence-electron chi connectivity index (χ2n) is 7.10. The Morgan fingerprint density at radius 1 is 1.32 bits per heavy atom. The zero-order valence-corrected chi connectivity index (χ0v) is 18.7. The van der Waals surface area contributed by atoms with Crippen LogP contribution >= 0.6 is 24.0 Å². The highest BCUT2D eigenvalue weighted by molar-refractivity contribution is 8.26. The number of rotatable bonds is 7. The highest BCUT2D eigenvalue weighted by Crippen LogP contribution is 2.36. The molecule has 2 aliphatic heterocycles. The predicted molar refractivity (Wildman–Crippen MR) is 120 cm³/mol. The molecule has 2 aliphatic rings. The van der Waals surface area contributed by atoms with Crippen molar-refractivity contribution < 1.29 is 23.6 Å². The average Bonchev–Trinajstić information content (AvgIpc) is 3.41. The minimum Gasteiger partial charge on any atom is -0.454 e. The normalized spacial score (nSPS) is 16.5. The van der Waals surface area contributed by atoms with Crippen LogP contribution in [-0.4, -0.2) is 46.1 Å². The smallest absolute Gasteiger partial charge is 0.266 e. The Morgan fingerprint density at radius 3 is 2.90 bits per heavy atom. The van der Waals surface area contributed by atoms with Gasteiger partial charge in [-0.05, 0) is 44.0 Å². The van der Waals surface area contributed by atoms with Gasteiger partial charge in [-0.2, -0.15) is 0 Å². The lowest BCUT2D eigenvalue weighted by molar-refractivity contribution is -0.123. The molecular formula is C21H21N3O5S2. The van der Waals surface area contributed by atoms with Gasteiger partial charge in [0.05, 0.1) is 10.6 Å². The van der Waals surface area contributed by atoms with Gasteiger partial charge in [-0.15, -0.1) is 0 Å². The Bertz CT molecular complexity index is 1060. The van der Waals surface area contributed by atoms with Gasteiger partial charge < -0.3 is 19.3 Å². The first kappa shape index (κ1) is 21.4. The van der Waals surface area contributed by atoms with Crippen molar-refractivity contribution in [1.82, 2.24) is 15.4 Å². The van der Waals surface area contributed by atoms with Crippen LogP contribution in [0.15, 0.2) is 27.6 Å². The van der Waals surface area contributed by atoms with Crippen LogP contribution in [0, 0.1) is 13.8 Å². The molecule has 1 saturated heterocycles. The Balaban J connectivity index is 1.29. The van der Waals surface area contributed by atoms with Crippen molar-refractivity contribution in [2.24, 2.45) is 0 Å². The predicted octanol–water partition coefficient (Wildman–Crippen LogP) is 2.97. The molecule has 1 aromatic heterocycles. The van der Waals surface area contributed by atoms with E-state index in [-0.39, 0.29) is 18.6 Å². The van der Waals surface area contributed by atoms with E-state index in [1.807, 2.05) is 32.0 Å².